The van der Waals surface area contributed by atoms with Gasteiger partial charge in [-0.3, -0.25) is 14.4 Å². The van der Waals surface area contributed by atoms with E-state index in [1.807, 2.05) is 13.8 Å². The Morgan fingerprint density at radius 1 is 1.19 bits per heavy atom. The zero-order chi connectivity index (χ0) is 20.0. The number of hydrogen-bond donors (Lipinski definition) is 2. The molecule has 7 nitrogen and oxygen atoms in total. The lowest BCUT2D eigenvalue weighted by Crippen LogP contribution is -2.29. The van der Waals surface area contributed by atoms with Gasteiger partial charge in [0.1, 0.15) is 0 Å². The molecule has 2 rings (SSSR count). The third kappa shape index (κ3) is 4.49. The van der Waals surface area contributed by atoms with Gasteiger partial charge >= 0.3 is 0 Å². The molecule has 1 heterocycles. The molecule has 2 N–H and O–H groups in total. The number of nitrogens with one attached hydrogen (secondary N) is 2. The van der Waals surface area contributed by atoms with Crippen LogP contribution >= 0.6 is 0 Å². The van der Waals surface area contributed by atoms with Gasteiger partial charge in [-0.1, -0.05) is 20.4 Å². The second-order valence-corrected chi connectivity index (χ2v) is 5.99. The van der Waals surface area contributed by atoms with Crippen molar-refractivity contribution < 1.29 is 9.59 Å². The first-order chi connectivity index (χ1) is 12.9. The van der Waals surface area contributed by atoms with Crippen LogP contribution in [0.2, 0.25) is 0 Å². The maximum Gasteiger partial charge on any atom is 0.269 e. The lowest BCUT2D eigenvalue weighted by Gasteiger charge is -2.15. The summed E-state index contributed by atoms with van der Waals surface area (Å²) in [6, 6.07) is 6.63. The summed E-state index contributed by atoms with van der Waals surface area (Å²) >= 11 is 0. The first kappa shape index (κ1) is 20.1. The molecule has 0 aliphatic heterocycles. The number of carbonyl (C=O) groups excluding carboxylic acids is 2. The normalized spacial score (nSPS) is 10.3. The van der Waals surface area contributed by atoms with Crippen molar-refractivity contribution in [2.24, 2.45) is 0 Å². The summed E-state index contributed by atoms with van der Waals surface area (Å²) in [6.07, 6.45) is 2.60. The van der Waals surface area contributed by atoms with Crippen molar-refractivity contribution >= 4 is 17.5 Å². The Morgan fingerprint density at radius 3 is 2.41 bits per heavy atom. The van der Waals surface area contributed by atoms with E-state index in [0.29, 0.717) is 29.7 Å². The van der Waals surface area contributed by atoms with Gasteiger partial charge in [-0.05, 0) is 48.7 Å². The van der Waals surface area contributed by atoms with Gasteiger partial charge in [-0.2, -0.15) is 5.10 Å². The molecule has 0 bridgehead atoms. The van der Waals surface area contributed by atoms with E-state index in [4.69, 9.17) is 0 Å². The molecule has 1 aromatic carbocycles. The maximum absolute atomic E-state index is 12.4. The zero-order valence-corrected chi connectivity index (χ0v) is 15.8. The Bertz CT molecular complexity index is 900. The number of benzene rings is 1. The summed E-state index contributed by atoms with van der Waals surface area (Å²) in [5.74, 6) is -0.529. The van der Waals surface area contributed by atoms with Gasteiger partial charge in [0.25, 0.3) is 11.5 Å². The summed E-state index contributed by atoms with van der Waals surface area (Å²) in [4.78, 5) is 37.6. The molecule has 0 spiro atoms. The number of nitrogens with zero attached hydrogens (tertiary/aromatic N) is 2. The maximum atomic E-state index is 12.4. The van der Waals surface area contributed by atoms with Crippen molar-refractivity contribution in [1.29, 1.82) is 0 Å². The fourth-order valence-electron chi connectivity index (χ4n) is 2.83. The molecular weight excluding hydrogens is 344 g/mol. The van der Waals surface area contributed by atoms with E-state index < -0.39 is 0 Å². The van der Waals surface area contributed by atoms with E-state index >= 15 is 0 Å². The second-order valence-electron chi connectivity index (χ2n) is 5.99. The molecule has 0 radical (unpaired) electrons. The quantitative estimate of drug-likeness (QED) is 0.731. The minimum absolute atomic E-state index is 0.128. The molecule has 142 valence electrons. The van der Waals surface area contributed by atoms with E-state index in [2.05, 4.69) is 22.1 Å². The van der Waals surface area contributed by atoms with E-state index in [1.54, 1.807) is 31.3 Å². The summed E-state index contributed by atoms with van der Waals surface area (Å²) < 4.78 is 0. The van der Waals surface area contributed by atoms with Crippen molar-refractivity contribution in [2.75, 3.05) is 11.9 Å². The van der Waals surface area contributed by atoms with Crippen LogP contribution in [0.15, 0.2) is 41.7 Å². The fraction of sp³-hybridized carbons (Fsp3) is 0.300. The molecule has 0 aliphatic carbocycles. The smallest absolute Gasteiger partial charge is 0.269 e. The van der Waals surface area contributed by atoms with Crippen LogP contribution in [0.5, 0.6) is 0 Å². The average Bonchev–Trinajstić information content (AvgIpc) is 2.71. The largest absolute Gasteiger partial charge is 0.348 e. The third-order valence-electron chi connectivity index (χ3n) is 4.42. The third-order valence-corrected chi connectivity index (χ3v) is 4.42. The highest BCUT2D eigenvalue weighted by Crippen LogP contribution is 2.15. The molecule has 7 heteroatoms. The zero-order valence-electron chi connectivity index (χ0n) is 15.8. The van der Waals surface area contributed by atoms with Crippen molar-refractivity contribution in [3.8, 4) is 0 Å². The van der Waals surface area contributed by atoms with Crippen LogP contribution in [0, 0.1) is 0 Å². The Morgan fingerprint density at radius 2 is 1.85 bits per heavy atom. The molecule has 0 fully saturated rings. The van der Waals surface area contributed by atoms with E-state index in [0.717, 1.165) is 11.3 Å². The molecule has 1 aromatic heterocycles. The molecule has 2 aromatic rings. The molecule has 0 aliphatic rings. The highest BCUT2D eigenvalue weighted by molar-refractivity contribution is 6.01. The number of H-pyrrole nitrogens is 1. The number of likely N-dealkylation sites (N-methyl/N-ethyl adjacent to an activating group) is 1. The number of anilines is 1. The van der Waals surface area contributed by atoms with Crippen molar-refractivity contribution in [2.45, 2.75) is 33.2 Å². The SMILES string of the molecule is C=CC(=O)N(C)c1ccc(C(=O)NCc2c(CC)c(CC)n[nH]c2=O)cc1. The van der Waals surface area contributed by atoms with Crippen LogP contribution < -0.4 is 15.8 Å². The molecule has 0 saturated carbocycles. The average molecular weight is 368 g/mol. The van der Waals surface area contributed by atoms with Crippen LogP contribution in [0.1, 0.15) is 41.0 Å². The number of hydrogen-bond acceptors (Lipinski definition) is 4. The predicted octanol–water partition coefficient (Wildman–Crippen LogP) is 1.97. The monoisotopic (exact) mass is 368 g/mol. The molecule has 2 amide bonds. The Kier molecular flexibility index (Phi) is 6.65. The van der Waals surface area contributed by atoms with Gasteiger partial charge in [0, 0.05) is 30.4 Å². The van der Waals surface area contributed by atoms with Gasteiger partial charge in [-0.25, -0.2) is 5.10 Å². The van der Waals surface area contributed by atoms with Crippen molar-refractivity contribution in [3.05, 3.63) is 69.7 Å². The number of amides is 2. The van der Waals surface area contributed by atoms with Crippen LogP contribution in [0.4, 0.5) is 5.69 Å². The van der Waals surface area contributed by atoms with Gasteiger partial charge in [0.2, 0.25) is 5.91 Å². The highest BCUT2D eigenvalue weighted by atomic mass is 16.2. The molecule has 0 saturated heterocycles. The van der Waals surface area contributed by atoms with Crippen molar-refractivity contribution in [1.82, 2.24) is 15.5 Å². The molecule has 0 atom stereocenters. The number of carbonyl (C=O) groups is 2. The first-order valence-electron chi connectivity index (χ1n) is 8.80. The van der Waals surface area contributed by atoms with Crippen LogP contribution in [0.25, 0.3) is 0 Å². The summed E-state index contributed by atoms with van der Waals surface area (Å²) in [7, 11) is 1.63. The number of rotatable bonds is 7. The Balaban J connectivity index is 2.14. The van der Waals surface area contributed by atoms with Gasteiger partial charge in [0.15, 0.2) is 0 Å². The second kappa shape index (κ2) is 8.93. The van der Waals surface area contributed by atoms with E-state index in [1.165, 1.54) is 11.0 Å². The Hall–Kier alpha value is -3.22. The van der Waals surface area contributed by atoms with Gasteiger partial charge < -0.3 is 10.2 Å². The number of aromatic amines is 1. The number of aromatic nitrogens is 2. The van der Waals surface area contributed by atoms with Crippen LogP contribution in [-0.2, 0) is 24.2 Å². The van der Waals surface area contributed by atoms with Gasteiger partial charge in [-0.15, -0.1) is 0 Å². The van der Waals surface area contributed by atoms with Crippen LogP contribution in [-0.4, -0.2) is 29.1 Å². The molecule has 0 unspecified atom stereocenters. The fourth-order valence-corrected chi connectivity index (χ4v) is 2.83. The highest BCUT2D eigenvalue weighted by Gasteiger charge is 2.14. The van der Waals surface area contributed by atoms with Gasteiger partial charge in [0.05, 0.1) is 5.69 Å². The summed E-state index contributed by atoms with van der Waals surface area (Å²) in [5, 5.41) is 9.34. The summed E-state index contributed by atoms with van der Waals surface area (Å²) in [6.45, 7) is 7.51. The molecular formula is C20H24N4O3. The van der Waals surface area contributed by atoms with Crippen molar-refractivity contribution in [3.63, 3.8) is 0 Å². The van der Waals surface area contributed by atoms with E-state index in [9.17, 15) is 14.4 Å². The topological polar surface area (TPSA) is 95.2 Å². The lowest BCUT2D eigenvalue weighted by molar-refractivity contribution is -0.113. The Labute approximate surface area is 158 Å². The van der Waals surface area contributed by atoms with Crippen LogP contribution in [0.3, 0.4) is 0 Å². The lowest BCUT2D eigenvalue weighted by atomic mass is 10.0. The predicted molar refractivity (Wildman–Crippen MR) is 105 cm³/mol. The van der Waals surface area contributed by atoms with E-state index in [-0.39, 0.29) is 23.9 Å². The number of aryl methyl sites for hydroxylation is 1. The standard InChI is InChI=1S/C20H24N4O3/c1-5-15-16(20(27)23-22-17(15)6-2)12-21-19(26)13-8-10-14(11-9-13)24(4)18(25)7-3/h7-11H,3,5-6,12H2,1-2,4H3,(H,21,26)(H,23,27). The first-order valence-corrected chi connectivity index (χ1v) is 8.80. The molecule has 27 heavy (non-hydrogen) atoms. The minimum atomic E-state index is -0.296. The summed E-state index contributed by atoms with van der Waals surface area (Å²) in [5.41, 5.74) is 3.05. The minimum Gasteiger partial charge on any atom is -0.348 e.